The number of nitrogens with zero attached hydrogens (tertiary/aromatic N) is 1. The first-order valence-corrected chi connectivity index (χ1v) is 4.94. The monoisotopic (exact) mass is 225 g/mol. The van der Waals surface area contributed by atoms with Crippen molar-refractivity contribution in [3.05, 3.63) is 28.2 Å². The average Bonchev–Trinajstić information content (AvgIpc) is 2.17. The largest absolute Gasteiger partial charge is 0.396 e. The Labute approximate surface area is 92.7 Å². The van der Waals surface area contributed by atoms with Crippen LogP contribution in [0.2, 0.25) is 0 Å². The Bertz CT molecular complexity index is 405. The molecule has 0 aliphatic rings. The molecule has 0 saturated heterocycles. The molecule has 0 unspecified atom stereocenters. The smallest absolute Gasteiger partial charge is 0.272 e. The van der Waals surface area contributed by atoms with Crippen LogP contribution in [-0.4, -0.2) is 33.4 Å². The molecule has 1 heterocycles. The molecule has 0 bridgehead atoms. The van der Waals surface area contributed by atoms with Gasteiger partial charge in [-0.2, -0.15) is 5.10 Å². The van der Waals surface area contributed by atoms with Gasteiger partial charge in [0.25, 0.3) is 11.5 Å². The van der Waals surface area contributed by atoms with Gasteiger partial charge in [0.2, 0.25) is 0 Å². The van der Waals surface area contributed by atoms with Gasteiger partial charge in [-0.15, -0.1) is 0 Å². The number of aliphatic hydroxyl groups is 1. The van der Waals surface area contributed by atoms with Gasteiger partial charge in [0.1, 0.15) is 5.69 Å². The highest BCUT2D eigenvalue weighted by atomic mass is 16.3. The zero-order valence-electron chi connectivity index (χ0n) is 9.28. The summed E-state index contributed by atoms with van der Waals surface area (Å²) in [6, 6.07) is 2.59. The molecule has 0 aromatic carbocycles. The third-order valence-corrected chi connectivity index (χ3v) is 2.10. The molecular weight excluding hydrogens is 210 g/mol. The molecule has 0 fully saturated rings. The van der Waals surface area contributed by atoms with Crippen molar-refractivity contribution in [2.75, 3.05) is 6.61 Å². The van der Waals surface area contributed by atoms with E-state index < -0.39 is 5.54 Å². The molecule has 1 rings (SSSR count). The summed E-state index contributed by atoms with van der Waals surface area (Å²) < 4.78 is 0. The molecule has 6 heteroatoms. The molecule has 3 N–H and O–H groups in total. The Balaban J connectivity index is 2.72. The summed E-state index contributed by atoms with van der Waals surface area (Å²) in [7, 11) is 0. The number of aromatic nitrogens is 2. The van der Waals surface area contributed by atoms with Crippen LogP contribution in [0.3, 0.4) is 0 Å². The predicted molar refractivity (Wildman–Crippen MR) is 58.1 cm³/mol. The Hall–Kier alpha value is -1.69. The minimum atomic E-state index is -0.510. The predicted octanol–water partition coefficient (Wildman–Crippen LogP) is -0.339. The fourth-order valence-electron chi connectivity index (χ4n) is 1.18. The number of hydrogen-bond donors (Lipinski definition) is 3. The van der Waals surface area contributed by atoms with Crippen LogP contribution in [-0.2, 0) is 0 Å². The minimum Gasteiger partial charge on any atom is -0.396 e. The standard InChI is InChI=1S/C10H15N3O3/c1-10(2,5-6-14)11-9(16)7-3-4-8(15)13-12-7/h3-4,14H,5-6H2,1-2H3,(H,11,16)(H,13,15). The normalized spacial score (nSPS) is 11.2. The number of H-pyrrole nitrogens is 1. The highest BCUT2D eigenvalue weighted by Gasteiger charge is 2.21. The molecule has 88 valence electrons. The van der Waals surface area contributed by atoms with Crippen molar-refractivity contribution in [1.29, 1.82) is 0 Å². The summed E-state index contributed by atoms with van der Waals surface area (Å²) >= 11 is 0. The average molecular weight is 225 g/mol. The Morgan fingerprint density at radius 3 is 2.75 bits per heavy atom. The molecule has 0 aliphatic heterocycles. The lowest BCUT2D eigenvalue weighted by atomic mass is 10.0. The maximum Gasteiger partial charge on any atom is 0.272 e. The van der Waals surface area contributed by atoms with Crippen molar-refractivity contribution in [3.8, 4) is 0 Å². The van der Waals surface area contributed by atoms with Crippen molar-refractivity contribution in [2.24, 2.45) is 0 Å². The van der Waals surface area contributed by atoms with Gasteiger partial charge in [0.05, 0.1) is 0 Å². The van der Waals surface area contributed by atoms with Gasteiger partial charge < -0.3 is 10.4 Å². The molecule has 1 aromatic rings. The summed E-state index contributed by atoms with van der Waals surface area (Å²) in [6.45, 7) is 3.59. The van der Waals surface area contributed by atoms with Crippen molar-refractivity contribution < 1.29 is 9.90 Å². The third kappa shape index (κ3) is 3.47. The molecule has 1 amide bonds. The van der Waals surface area contributed by atoms with Crippen LogP contribution in [0.4, 0.5) is 0 Å². The molecule has 0 saturated carbocycles. The van der Waals surface area contributed by atoms with E-state index in [1.54, 1.807) is 13.8 Å². The van der Waals surface area contributed by atoms with Gasteiger partial charge >= 0.3 is 0 Å². The van der Waals surface area contributed by atoms with E-state index in [4.69, 9.17) is 5.11 Å². The highest BCUT2D eigenvalue weighted by molar-refractivity contribution is 5.92. The van der Waals surface area contributed by atoms with E-state index in [-0.39, 0.29) is 23.8 Å². The van der Waals surface area contributed by atoms with Gasteiger partial charge in [-0.1, -0.05) is 0 Å². The topological polar surface area (TPSA) is 95.1 Å². The lowest BCUT2D eigenvalue weighted by Crippen LogP contribution is -2.44. The maximum atomic E-state index is 11.7. The molecule has 0 spiro atoms. The van der Waals surface area contributed by atoms with Crippen molar-refractivity contribution >= 4 is 5.91 Å². The quantitative estimate of drug-likeness (QED) is 0.653. The molecular formula is C10H15N3O3. The van der Waals surface area contributed by atoms with Crippen LogP contribution in [0.5, 0.6) is 0 Å². The Kier molecular flexibility index (Phi) is 3.78. The summed E-state index contributed by atoms with van der Waals surface area (Å²) in [5.41, 5.74) is -0.722. The third-order valence-electron chi connectivity index (χ3n) is 2.10. The summed E-state index contributed by atoms with van der Waals surface area (Å²) in [6.07, 6.45) is 0.447. The van der Waals surface area contributed by atoms with Gasteiger partial charge in [-0.3, -0.25) is 9.59 Å². The Morgan fingerprint density at radius 2 is 2.25 bits per heavy atom. The number of carbonyl (C=O) groups excluding carboxylic acids is 1. The van der Waals surface area contributed by atoms with E-state index in [2.05, 4.69) is 15.5 Å². The van der Waals surface area contributed by atoms with E-state index in [0.717, 1.165) is 0 Å². The number of rotatable bonds is 4. The van der Waals surface area contributed by atoms with Gasteiger partial charge in [-0.25, -0.2) is 5.10 Å². The maximum absolute atomic E-state index is 11.7. The summed E-state index contributed by atoms with van der Waals surface area (Å²) in [5.74, 6) is -0.380. The Morgan fingerprint density at radius 1 is 1.56 bits per heavy atom. The highest BCUT2D eigenvalue weighted by Crippen LogP contribution is 2.08. The van der Waals surface area contributed by atoms with E-state index in [0.29, 0.717) is 6.42 Å². The van der Waals surface area contributed by atoms with E-state index in [1.807, 2.05) is 0 Å². The van der Waals surface area contributed by atoms with Gasteiger partial charge in [-0.05, 0) is 26.3 Å². The number of aliphatic hydroxyl groups excluding tert-OH is 1. The van der Waals surface area contributed by atoms with Crippen LogP contribution in [0.15, 0.2) is 16.9 Å². The van der Waals surface area contributed by atoms with E-state index in [1.165, 1.54) is 12.1 Å². The van der Waals surface area contributed by atoms with E-state index in [9.17, 15) is 9.59 Å². The lowest BCUT2D eigenvalue weighted by Gasteiger charge is -2.24. The van der Waals surface area contributed by atoms with Crippen molar-refractivity contribution in [3.63, 3.8) is 0 Å². The lowest BCUT2D eigenvalue weighted by molar-refractivity contribution is 0.0893. The van der Waals surface area contributed by atoms with Gasteiger partial charge in [0.15, 0.2) is 0 Å². The first-order valence-electron chi connectivity index (χ1n) is 4.94. The molecule has 0 aliphatic carbocycles. The second-order valence-electron chi connectivity index (χ2n) is 4.12. The first kappa shape index (κ1) is 12.4. The van der Waals surface area contributed by atoms with Crippen LogP contribution in [0, 0.1) is 0 Å². The number of nitrogens with one attached hydrogen (secondary N) is 2. The number of hydrogen-bond acceptors (Lipinski definition) is 4. The zero-order valence-corrected chi connectivity index (χ0v) is 9.28. The fraction of sp³-hybridized carbons (Fsp3) is 0.500. The second kappa shape index (κ2) is 4.89. The fourth-order valence-corrected chi connectivity index (χ4v) is 1.18. The SMILES string of the molecule is CC(C)(CCO)NC(=O)c1ccc(=O)[nH]n1. The van der Waals surface area contributed by atoms with Crippen LogP contribution < -0.4 is 10.9 Å². The number of amides is 1. The zero-order chi connectivity index (χ0) is 12.2. The molecule has 16 heavy (non-hydrogen) atoms. The van der Waals surface area contributed by atoms with Crippen LogP contribution >= 0.6 is 0 Å². The molecule has 6 nitrogen and oxygen atoms in total. The summed E-state index contributed by atoms with van der Waals surface area (Å²) in [5, 5.41) is 17.3. The first-order chi connectivity index (χ1) is 7.44. The van der Waals surface area contributed by atoms with E-state index >= 15 is 0 Å². The summed E-state index contributed by atoms with van der Waals surface area (Å²) in [4.78, 5) is 22.4. The van der Waals surface area contributed by atoms with Crippen molar-refractivity contribution in [1.82, 2.24) is 15.5 Å². The molecule has 0 radical (unpaired) electrons. The van der Waals surface area contributed by atoms with Crippen LogP contribution in [0.25, 0.3) is 0 Å². The molecule has 0 atom stereocenters. The number of carbonyl (C=O) groups is 1. The van der Waals surface area contributed by atoms with Crippen LogP contribution in [0.1, 0.15) is 30.8 Å². The second-order valence-corrected chi connectivity index (χ2v) is 4.12. The van der Waals surface area contributed by atoms with Crippen molar-refractivity contribution in [2.45, 2.75) is 25.8 Å². The molecule has 1 aromatic heterocycles. The van der Waals surface area contributed by atoms with Gasteiger partial charge in [0, 0.05) is 18.2 Å². The number of aromatic amines is 1. The minimum absolute atomic E-state index is 0.00761.